The number of halogens is 2. The van der Waals surface area contributed by atoms with Gasteiger partial charge in [0.2, 0.25) is 5.91 Å². The van der Waals surface area contributed by atoms with Crippen LogP contribution in [-0.2, 0) is 15.1 Å². The molecule has 1 atom stereocenters. The standard InChI is InChI=1S/C16H16F2N4O3/c1-16(11-8-10(17)4-5-12(11)18)14(24)22(15(25)20-16)9-13(23)21(2)7-3-6-19/h4-5,8H,3,7,9H2,1-2H3,(H,20,25). The van der Waals surface area contributed by atoms with Crippen molar-refractivity contribution in [3.8, 4) is 6.07 Å². The summed E-state index contributed by atoms with van der Waals surface area (Å²) >= 11 is 0. The van der Waals surface area contributed by atoms with Gasteiger partial charge in [-0.1, -0.05) is 0 Å². The van der Waals surface area contributed by atoms with Crippen molar-refractivity contribution in [1.82, 2.24) is 15.1 Å². The largest absolute Gasteiger partial charge is 0.343 e. The van der Waals surface area contributed by atoms with Crippen molar-refractivity contribution in [2.45, 2.75) is 18.9 Å². The summed E-state index contributed by atoms with van der Waals surface area (Å²) in [5, 5.41) is 10.8. The van der Waals surface area contributed by atoms with Crippen molar-refractivity contribution in [3.05, 3.63) is 35.4 Å². The molecule has 132 valence electrons. The summed E-state index contributed by atoms with van der Waals surface area (Å²) in [4.78, 5) is 38.6. The molecule has 2 rings (SSSR count). The minimum atomic E-state index is -1.81. The van der Waals surface area contributed by atoms with Gasteiger partial charge < -0.3 is 10.2 Å². The average Bonchev–Trinajstić information content (AvgIpc) is 2.78. The molecule has 0 aromatic heterocycles. The van der Waals surface area contributed by atoms with Crippen LogP contribution < -0.4 is 5.32 Å². The quantitative estimate of drug-likeness (QED) is 0.805. The van der Waals surface area contributed by atoms with E-state index in [1.807, 2.05) is 6.07 Å². The molecule has 1 fully saturated rings. The van der Waals surface area contributed by atoms with Crippen LogP contribution in [0.3, 0.4) is 0 Å². The van der Waals surface area contributed by atoms with Crippen LogP contribution in [0.1, 0.15) is 18.9 Å². The van der Waals surface area contributed by atoms with Crippen molar-refractivity contribution in [2.75, 3.05) is 20.1 Å². The maximum absolute atomic E-state index is 14.0. The molecule has 1 aromatic carbocycles. The van der Waals surface area contributed by atoms with Crippen molar-refractivity contribution >= 4 is 17.8 Å². The van der Waals surface area contributed by atoms with Crippen LogP contribution in [0.4, 0.5) is 13.6 Å². The van der Waals surface area contributed by atoms with Crippen molar-refractivity contribution < 1.29 is 23.2 Å². The molecule has 0 aliphatic carbocycles. The van der Waals surface area contributed by atoms with Crippen LogP contribution in [0, 0.1) is 23.0 Å². The Morgan fingerprint density at radius 3 is 2.72 bits per heavy atom. The molecule has 0 saturated carbocycles. The van der Waals surface area contributed by atoms with E-state index in [2.05, 4.69) is 5.32 Å². The Labute approximate surface area is 142 Å². The maximum atomic E-state index is 14.0. The van der Waals surface area contributed by atoms with E-state index < -0.39 is 41.6 Å². The number of nitriles is 1. The van der Waals surface area contributed by atoms with Crippen molar-refractivity contribution in [1.29, 1.82) is 5.26 Å². The molecule has 9 heteroatoms. The molecule has 1 heterocycles. The van der Waals surface area contributed by atoms with Gasteiger partial charge in [0.05, 0.1) is 12.5 Å². The first-order valence-corrected chi connectivity index (χ1v) is 7.41. The van der Waals surface area contributed by atoms with Crippen LogP contribution in [-0.4, -0.2) is 47.8 Å². The van der Waals surface area contributed by atoms with Crippen molar-refractivity contribution in [3.63, 3.8) is 0 Å². The zero-order valence-electron chi connectivity index (χ0n) is 13.7. The number of imide groups is 1. The molecule has 1 N–H and O–H groups in total. The molecule has 4 amide bonds. The summed E-state index contributed by atoms with van der Waals surface area (Å²) in [5.41, 5.74) is -2.13. The molecule has 1 saturated heterocycles. The fraction of sp³-hybridized carbons (Fsp3) is 0.375. The summed E-state index contributed by atoms with van der Waals surface area (Å²) in [5.74, 6) is -3.02. The van der Waals surface area contributed by atoms with Crippen molar-refractivity contribution in [2.24, 2.45) is 0 Å². The first kappa shape index (κ1) is 18.3. The Bertz CT molecular complexity index is 777. The van der Waals surface area contributed by atoms with Gasteiger partial charge in [-0.05, 0) is 25.1 Å². The number of urea groups is 1. The lowest BCUT2D eigenvalue weighted by molar-refractivity contribution is -0.138. The molecule has 1 unspecified atom stereocenters. The summed E-state index contributed by atoms with van der Waals surface area (Å²) in [6, 6.07) is 3.59. The second kappa shape index (κ2) is 6.84. The number of benzene rings is 1. The fourth-order valence-corrected chi connectivity index (χ4v) is 2.50. The molecule has 25 heavy (non-hydrogen) atoms. The normalized spacial score (nSPS) is 19.6. The number of nitrogens with zero attached hydrogens (tertiary/aromatic N) is 3. The monoisotopic (exact) mass is 350 g/mol. The molecule has 1 aliphatic heterocycles. The Morgan fingerprint density at radius 2 is 2.08 bits per heavy atom. The Balaban J connectivity index is 2.23. The molecular formula is C16H16F2N4O3. The van der Waals surface area contributed by atoms with E-state index in [0.29, 0.717) is 4.90 Å². The van der Waals surface area contributed by atoms with Crippen LogP contribution in [0.15, 0.2) is 18.2 Å². The Hall–Kier alpha value is -3.02. The van der Waals surface area contributed by atoms with E-state index in [9.17, 15) is 23.2 Å². The van der Waals surface area contributed by atoms with Gasteiger partial charge in [0.25, 0.3) is 5.91 Å². The van der Waals surface area contributed by atoms with Gasteiger partial charge in [-0.2, -0.15) is 5.26 Å². The van der Waals surface area contributed by atoms with Gasteiger partial charge in [-0.15, -0.1) is 0 Å². The summed E-state index contributed by atoms with van der Waals surface area (Å²) < 4.78 is 27.5. The third-order valence-corrected chi connectivity index (χ3v) is 4.02. The van der Waals surface area contributed by atoms with Gasteiger partial charge in [0, 0.05) is 19.2 Å². The van der Waals surface area contributed by atoms with E-state index in [0.717, 1.165) is 18.2 Å². The SMILES string of the molecule is CN(CCC#N)C(=O)CN1C(=O)NC(C)(c2cc(F)ccc2F)C1=O. The number of hydrogen-bond acceptors (Lipinski definition) is 4. The lowest BCUT2D eigenvalue weighted by atomic mass is 9.91. The number of carbonyl (C=O) groups is 3. The first-order chi connectivity index (χ1) is 11.7. The summed E-state index contributed by atoms with van der Waals surface area (Å²) in [6.07, 6.45) is 0.106. The molecule has 0 spiro atoms. The topological polar surface area (TPSA) is 93.5 Å². The number of rotatable bonds is 5. The Morgan fingerprint density at radius 1 is 1.40 bits per heavy atom. The van der Waals surface area contributed by atoms with E-state index in [1.165, 1.54) is 18.9 Å². The molecule has 1 aliphatic rings. The highest BCUT2D eigenvalue weighted by atomic mass is 19.1. The lowest BCUT2D eigenvalue weighted by Gasteiger charge is -2.23. The van der Waals surface area contributed by atoms with E-state index in [-0.39, 0.29) is 18.5 Å². The predicted molar refractivity (Wildman–Crippen MR) is 81.8 cm³/mol. The molecule has 0 bridgehead atoms. The predicted octanol–water partition coefficient (Wildman–Crippen LogP) is 1.10. The van der Waals surface area contributed by atoms with Gasteiger partial charge in [-0.3, -0.25) is 14.5 Å². The number of hydrogen-bond donors (Lipinski definition) is 1. The van der Waals surface area contributed by atoms with Gasteiger partial charge in [0.15, 0.2) is 0 Å². The maximum Gasteiger partial charge on any atom is 0.325 e. The highest BCUT2D eigenvalue weighted by Crippen LogP contribution is 2.31. The Kier molecular flexibility index (Phi) is 5.02. The summed E-state index contributed by atoms with van der Waals surface area (Å²) in [7, 11) is 1.43. The van der Waals surface area contributed by atoms with Crippen LogP contribution in [0.2, 0.25) is 0 Å². The van der Waals surface area contributed by atoms with E-state index >= 15 is 0 Å². The van der Waals surface area contributed by atoms with E-state index in [1.54, 1.807) is 0 Å². The fourth-order valence-electron chi connectivity index (χ4n) is 2.50. The van der Waals surface area contributed by atoms with Gasteiger partial charge in [0.1, 0.15) is 23.7 Å². The molecular weight excluding hydrogens is 334 g/mol. The zero-order valence-corrected chi connectivity index (χ0v) is 13.7. The third-order valence-electron chi connectivity index (χ3n) is 4.02. The molecule has 0 radical (unpaired) electrons. The zero-order chi connectivity index (χ0) is 18.8. The number of amides is 4. The van der Waals surface area contributed by atoms with E-state index in [4.69, 9.17) is 5.26 Å². The lowest BCUT2D eigenvalue weighted by Crippen LogP contribution is -2.44. The van der Waals surface area contributed by atoms with Crippen LogP contribution >= 0.6 is 0 Å². The van der Waals surface area contributed by atoms with Crippen LogP contribution in [0.5, 0.6) is 0 Å². The third kappa shape index (κ3) is 3.42. The first-order valence-electron chi connectivity index (χ1n) is 7.41. The van der Waals surface area contributed by atoms with Gasteiger partial charge in [-0.25, -0.2) is 13.6 Å². The summed E-state index contributed by atoms with van der Waals surface area (Å²) in [6.45, 7) is 0.836. The molecule has 1 aromatic rings. The minimum absolute atomic E-state index is 0.106. The van der Waals surface area contributed by atoms with Gasteiger partial charge >= 0.3 is 6.03 Å². The second-order valence-corrected chi connectivity index (χ2v) is 5.79. The van der Waals surface area contributed by atoms with Crippen LogP contribution in [0.25, 0.3) is 0 Å². The smallest absolute Gasteiger partial charge is 0.325 e. The second-order valence-electron chi connectivity index (χ2n) is 5.79. The highest BCUT2D eigenvalue weighted by molar-refractivity contribution is 6.09. The minimum Gasteiger partial charge on any atom is -0.343 e. The molecule has 7 nitrogen and oxygen atoms in total. The highest BCUT2D eigenvalue weighted by Gasteiger charge is 2.51. The number of likely N-dealkylation sites (N-methyl/N-ethyl adjacent to an activating group) is 1. The average molecular weight is 350 g/mol. The number of carbonyl (C=O) groups excluding carboxylic acids is 3. The number of nitrogens with one attached hydrogen (secondary N) is 1.